The van der Waals surface area contributed by atoms with E-state index in [4.69, 9.17) is 13.7 Å². The Morgan fingerprint density at radius 3 is 2.47 bits per heavy atom. The van der Waals surface area contributed by atoms with Crippen molar-refractivity contribution in [3.63, 3.8) is 0 Å². The number of esters is 1. The minimum Gasteiger partial charge on any atom is -0.465 e. The summed E-state index contributed by atoms with van der Waals surface area (Å²) in [5, 5.41) is 4.77. The van der Waals surface area contributed by atoms with Crippen LogP contribution in [0.4, 0.5) is 0 Å². The van der Waals surface area contributed by atoms with Crippen molar-refractivity contribution in [3.8, 4) is 0 Å². The van der Waals surface area contributed by atoms with Gasteiger partial charge in [-0.25, -0.2) is 13.2 Å². The highest BCUT2D eigenvalue weighted by Crippen LogP contribution is 2.33. The number of nitrogens with one attached hydrogen (secondary N) is 1. The summed E-state index contributed by atoms with van der Waals surface area (Å²) in [5.74, 6) is -0.600. The highest BCUT2D eigenvalue weighted by molar-refractivity contribution is 7.91. The molecule has 0 aromatic heterocycles. The molecule has 3 aromatic rings. The quantitative estimate of drug-likeness (QED) is 0.326. The standard InChI is InChI=1S/C25H27NO8S2/c1-32-24(27)19-8-5-9-20(12-19)25(33-16-21-14-22(15-26-21)34-35(2,28)29)36(30,31)23-11-10-17-6-3-4-7-18(17)13-23/h3-13,21-22,25-26H,14-16H2,1-2H3/t21-,22-,25?/m0/s1. The zero-order chi connectivity index (χ0) is 25.9. The molecule has 1 N–H and O–H groups in total. The summed E-state index contributed by atoms with van der Waals surface area (Å²) in [6.07, 6.45) is 0.752. The molecule has 1 fully saturated rings. The summed E-state index contributed by atoms with van der Waals surface area (Å²) in [5.41, 5.74) is -0.953. The van der Waals surface area contributed by atoms with Crippen LogP contribution in [0.25, 0.3) is 10.8 Å². The highest BCUT2D eigenvalue weighted by atomic mass is 32.2. The van der Waals surface area contributed by atoms with Crippen molar-refractivity contribution in [2.45, 2.75) is 28.9 Å². The van der Waals surface area contributed by atoms with Crippen LogP contribution in [0.3, 0.4) is 0 Å². The first-order chi connectivity index (χ1) is 17.1. The molecule has 192 valence electrons. The van der Waals surface area contributed by atoms with Crippen molar-refractivity contribution >= 4 is 36.7 Å². The van der Waals surface area contributed by atoms with Crippen LogP contribution in [-0.4, -0.2) is 61.5 Å². The maximum Gasteiger partial charge on any atom is 0.337 e. The largest absolute Gasteiger partial charge is 0.465 e. The number of benzene rings is 3. The predicted octanol–water partition coefficient (Wildman–Crippen LogP) is 2.82. The monoisotopic (exact) mass is 533 g/mol. The Morgan fingerprint density at radius 2 is 1.75 bits per heavy atom. The van der Waals surface area contributed by atoms with E-state index in [2.05, 4.69) is 5.32 Å². The van der Waals surface area contributed by atoms with Crippen molar-refractivity contribution in [2.75, 3.05) is 26.5 Å². The average molecular weight is 534 g/mol. The number of sulfone groups is 1. The van der Waals surface area contributed by atoms with Gasteiger partial charge in [0.1, 0.15) is 0 Å². The predicted molar refractivity (Wildman–Crippen MR) is 134 cm³/mol. The second-order valence-corrected chi connectivity index (χ2v) is 12.2. The fourth-order valence-electron chi connectivity index (χ4n) is 4.20. The van der Waals surface area contributed by atoms with Gasteiger partial charge in [0.2, 0.25) is 9.84 Å². The molecule has 0 radical (unpaired) electrons. The van der Waals surface area contributed by atoms with Crippen LogP contribution >= 0.6 is 0 Å². The van der Waals surface area contributed by atoms with Crippen molar-refractivity contribution in [1.29, 1.82) is 0 Å². The molecule has 1 aliphatic rings. The molecule has 0 saturated carbocycles. The fraction of sp³-hybridized carbons (Fsp3) is 0.320. The summed E-state index contributed by atoms with van der Waals surface area (Å²) in [7, 11) is -6.43. The van der Waals surface area contributed by atoms with Crippen LogP contribution < -0.4 is 5.32 Å². The molecule has 0 spiro atoms. The van der Waals surface area contributed by atoms with Crippen LogP contribution in [0, 0.1) is 0 Å². The number of methoxy groups -OCH3 is 1. The van der Waals surface area contributed by atoms with Crippen molar-refractivity contribution < 1.29 is 35.3 Å². The van der Waals surface area contributed by atoms with E-state index in [1.807, 2.05) is 24.3 Å². The maximum atomic E-state index is 13.8. The van der Waals surface area contributed by atoms with Gasteiger partial charge in [0.25, 0.3) is 10.1 Å². The van der Waals surface area contributed by atoms with Gasteiger partial charge in [-0.1, -0.05) is 42.5 Å². The average Bonchev–Trinajstić information content (AvgIpc) is 3.28. The minimum absolute atomic E-state index is 0.0243. The van der Waals surface area contributed by atoms with Crippen molar-refractivity contribution in [3.05, 3.63) is 77.9 Å². The summed E-state index contributed by atoms with van der Waals surface area (Å²) < 4.78 is 66.3. The van der Waals surface area contributed by atoms with Gasteiger partial charge in [-0.3, -0.25) is 4.18 Å². The van der Waals surface area contributed by atoms with Gasteiger partial charge in [-0.15, -0.1) is 0 Å². The third-order valence-electron chi connectivity index (χ3n) is 5.85. The molecular formula is C25H27NO8S2. The lowest BCUT2D eigenvalue weighted by Crippen LogP contribution is -2.29. The molecule has 3 atom stereocenters. The summed E-state index contributed by atoms with van der Waals surface area (Å²) in [4.78, 5) is 12.2. The molecule has 3 aromatic carbocycles. The van der Waals surface area contributed by atoms with E-state index in [1.165, 1.54) is 25.3 Å². The highest BCUT2D eigenvalue weighted by Gasteiger charge is 2.34. The number of rotatable bonds is 9. The van der Waals surface area contributed by atoms with E-state index in [1.54, 1.807) is 24.3 Å². The summed E-state index contributed by atoms with van der Waals surface area (Å²) in [6, 6.07) is 18.1. The number of carbonyl (C=O) groups excluding carboxylic acids is 1. The summed E-state index contributed by atoms with van der Waals surface area (Å²) >= 11 is 0. The lowest BCUT2D eigenvalue weighted by Gasteiger charge is -2.22. The number of fused-ring (bicyclic) bond motifs is 1. The number of ether oxygens (including phenoxy) is 2. The van der Waals surface area contributed by atoms with Crippen molar-refractivity contribution in [1.82, 2.24) is 5.32 Å². The van der Waals surface area contributed by atoms with Gasteiger partial charge in [0.05, 0.1) is 36.5 Å². The fourth-order valence-corrected chi connectivity index (χ4v) is 6.40. The van der Waals surface area contributed by atoms with Gasteiger partial charge >= 0.3 is 5.97 Å². The third kappa shape index (κ3) is 6.11. The van der Waals surface area contributed by atoms with E-state index in [9.17, 15) is 21.6 Å². The van der Waals surface area contributed by atoms with Gasteiger partial charge in [0.15, 0.2) is 5.44 Å². The molecule has 1 aliphatic heterocycles. The molecular weight excluding hydrogens is 506 g/mol. The first-order valence-electron chi connectivity index (χ1n) is 11.2. The van der Waals surface area contributed by atoms with Crippen LogP contribution in [-0.2, 0) is 33.6 Å². The molecule has 1 unspecified atom stereocenters. The second kappa shape index (κ2) is 10.7. The van der Waals surface area contributed by atoms with E-state index in [0.29, 0.717) is 13.0 Å². The zero-order valence-electron chi connectivity index (χ0n) is 19.8. The lowest BCUT2D eigenvalue weighted by atomic mass is 10.1. The van der Waals surface area contributed by atoms with Gasteiger partial charge in [0, 0.05) is 12.6 Å². The van der Waals surface area contributed by atoms with E-state index >= 15 is 0 Å². The smallest absolute Gasteiger partial charge is 0.337 e. The maximum absolute atomic E-state index is 13.8. The van der Waals surface area contributed by atoms with Gasteiger partial charge in [-0.05, 0) is 47.0 Å². The molecule has 0 bridgehead atoms. The van der Waals surface area contributed by atoms with Crippen LogP contribution in [0.15, 0.2) is 71.6 Å². The Bertz CT molecular complexity index is 1470. The van der Waals surface area contributed by atoms with Crippen LogP contribution in [0.1, 0.15) is 27.8 Å². The lowest BCUT2D eigenvalue weighted by molar-refractivity contribution is 0.0599. The molecule has 36 heavy (non-hydrogen) atoms. The minimum atomic E-state index is -4.06. The Morgan fingerprint density at radius 1 is 1.00 bits per heavy atom. The Balaban J connectivity index is 1.64. The number of hydrogen-bond donors (Lipinski definition) is 1. The van der Waals surface area contributed by atoms with E-state index < -0.39 is 37.5 Å². The van der Waals surface area contributed by atoms with Gasteiger partial charge in [-0.2, -0.15) is 8.42 Å². The molecule has 4 rings (SSSR count). The normalized spacial score (nSPS) is 19.3. The first kappa shape index (κ1) is 26.2. The van der Waals surface area contributed by atoms with E-state index in [0.717, 1.165) is 17.0 Å². The summed E-state index contributed by atoms with van der Waals surface area (Å²) in [6.45, 7) is 0.268. The van der Waals surface area contributed by atoms with Gasteiger partial charge < -0.3 is 14.8 Å². The molecule has 1 heterocycles. The molecule has 0 amide bonds. The Labute approximate surface area is 210 Å². The molecule has 1 saturated heterocycles. The molecule has 9 nitrogen and oxygen atoms in total. The number of hydrogen-bond acceptors (Lipinski definition) is 9. The topological polar surface area (TPSA) is 125 Å². The SMILES string of the molecule is COC(=O)c1cccc(C(OC[C@@H]2C[C@H](OS(C)(=O)=O)CN2)S(=O)(=O)c2ccc3ccccc3c2)c1. The second-order valence-electron chi connectivity index (χ2n) is 8.60. The Kier molecular flexibility index (Phi) is 7.76. The molecule has 0 aliphatic carbocycles. The molecule has 11 heteroatoms. The van der Waals surface area contributed by atoms with Crippen LogP contribution in [0.5, 0.6) is 0 Å². The third-order valence-corrected chi connectivity index (χ3v) is 8.36. The first-order valence-corrected chi connectivity index (χ1v) is 14.6. The van der Waals surface area contributed by atoms with Crippen LogP contribution in [0.2, 0.25) is 0 Å². The van der Waals surface area contributed by atoms with E-state index in [-0.39, 0.29) is 28.7 Å². The Hall–Kier alpha value is -2.83. The number of carbonyl (C=O) groups is 1. The zero-order valence-corrected chi connectivity index (χ0v) is 21.4. The van der Waals surface area contributed by atoms with Crippen molar-refractivity contribution in [2.24, 2.45) is 0 Å².